The fourth-order valence-corrected chi connectivity index (χ4v) is 10.6. The maximum atomic E-state index is 6.67. The van der Waals surface area contributed by atoms with Crippen LogP contribution in [0.5, 0.6) is 0 Å². The largest absolute Gasteiger partial charge is 0.455 e. The molecular weight excluding hydrogens is 727 g/mol. The molecule has 0 amide bonds. The second kappa shape index (κ2) is 12.7. The highest BCUT2D eigenvalue weighted by Crippen LogP contribution is 2.53. The Hall–Kier alpha value is -7.16. The van der Waals surface area contributed by atoms with E-state index in [1.165, 1.54) is 60.7 Å². The van der Waals surface area contributed by atoms with Gasteiger partial charge in [0.2, 0.25) is 0 Å². The van der Waals surface area contributed by atoms with Crippen molar-refractivity contribution in [2.45, 2.75) is 38.5 Å². The predicted octanol–water partition coefficient (Wildman–Crippen LogP) is 16.2. The first-order valence-corrected chi connectivity index (χ1v) is 21.1. The van der Waals surface area contributed by atoms with E-state index in [0.29, 0.717) is 0 Å². The Bertz CT molecular complexity index is 3290. The van der Waals surface area contributed by atoms with Gasteiger partial charge in [0.1, 0.15) is 11.2 Å². The van der Waals surface area contributed by atoms with Crippen molar-refractivity contribution in [2.75, 3.05) is 4.90 Å². The van der Waals surface area contributed by atoms with Gasteiger partial charge >= 0.3 is 0 Å². The molecule has 0 radical (unpaired) electrons. The Kier molecular flexibility index (Phi) is 7.36. The normalized spacial score (nSPS) is 14.3. The molecule has 2 aliphatic rings. The van der Waals surface area contributed by atoms with Gasteiger partial charge in [-0.15, -0.1) is 0 Å². The van der Waals surface area contributed by atoms with Crippen LogP contribution in [0.15, 0.2) is 192 Å². The zero-order valence-electron chi connectivity index (χ0n) is 34.3. The Morgan fingerprint density at radius 3 is 1.58 bits per heavy atom. The molecule has 0 unspecified atom stereocenters. The highest BCUT2D eigenvalue weighted by atomic mass is 16.3. The minimum Gasteiger partial charge on any atom is -0.455 e. The van der Waals surface area contributed by atoms with Crippen LogP contribution < -0.4 is 4.90 Å². The summed E-state index contributed by atoms with van der Waals surface area (Å²) in [5.74, 6) is 0. The number of furan rings is 1. The van der Waals surface area contributed by atoms with E-state index >= 15 is 0 Å². The van der Waals surface area contributed by atoms with Crippen LogP contribution in [-0.4, -0.2) is 0 Å². The number of nitrogens with zero attached hydrogens (tertiary/aromatic N) is 1. The lowest BCUT2D eigenvalue weighted by molar-refractivity contribution is 0.660. The molecule has 0 saturated heterocycles. The minimum absolute atomic E-state index is 0.118. The minimum atomic E-state index is -0.118. The monoisotopic (exact) mass is 769 g/mol. The highest BCUT2D eigenvalue weighted by molar-refractivity contribution is 6.20. The maximum Gasteiger partial charge on any atom is 0.143 e. The number of hydrogen-bond acceptors (Lipinski definition) is 2. The second-order valence-corrected chi connectivity index (χ2v) is 17.7. The molecule has 60 heavy (non-hydrogen) atoms. The summed E-state index contributed by atoms with van der Waals surface area (Å²) < 4.78 is 6.67. The van der Waals surface area contributed by atoms with Gasteiger partial charge in [-0.2, -0.15) is 0 Å². The lowest BCUT2D eigenvalue weighted by atomic mass is 9.82. The summed E-state index contributed by atoms with van der Waals surface area (Å²) in [5.41, 5.74) is 20.4. The summed E-state index contributed by atoms with van der Waals surface area (Å²) in [6.45, 7) is 9.45. The second-order valence-electron chi connectivity index (χ2n) is 17.7. The average Bonchev–Trinajstić information content (AvgIpc) is 3.87. The van der Waals surface area contributed by atoms with Crippen molar-refractivity contribution in [2.24, 2.45) is 0 Å². The van der Waals surface area contributed by atoms with Gasteiger partial charge in [-0.3, -0.25) is 0 Å². The lowest BCUT2D eigenvalue weighted by Crippen LogP contribution is -2.18. The van der Waals surface area contributed by atoms with Crippen molar-refractivity contribution in [3.8, 4) is 44.5 Å². The lowest BCUT2D eigenvalue weighted by Gasteiger charge is -2.30. The van der Waals surface area contributed by atoms with Crippen LogP contribution in [0.25, 0.3) is 77.2 Å². The summed E-state index contributed by atoms with van der Waals surface area (Å²) in [4.78, 5) is 2.46. The van der Waals surface area contributed by atoms with Gasteiger partial charge in [-0.25, -0.2) is 0 Å². The first kappa shape index (κ1) is 34.8. The number of rotatable bonds is 5. The van der Waals surface area contributed by atoms with Crippen molar-refractivity contribution < 1.29 is 4.42 Å². The zero-order chi connectivity index (χ0) is 40.3. The van der Waals surface area contributed by atoms with E-state index in [9.17, 15) is 0 Å². The van der Waals surface area contributed by atoms with Crippen molar-refractivity contribution in [1.82, 2.24) is 0 Å². The molecule has 286 valence electrons. The molecule has 0 fully saturated rings. The molecule has 1 aromatic heterocycles. The molecule has 2 heteroatoms. The molecule has 2 nitrogen and oxygen atoms in total. The van der Waals surface area contributed by atoms with Gasteiger partial charge in [0.05, 0.1) is 0 Å². The zero-order valence-corrected chi connectivity index (χ0v) is 34.3. The van der Waals surface area contributed by atoms with Gasteiger partial charge in [-0.05, 0) is 121 Å². The van der Waals surface area contributed by atoms with Crippen molar-refractivity contribution in [3.05, 3.63) is 210 Å². The SMILES string of the molecule is CC1(C)c2ccccc2-c2ccc(N(c3cccc(-c4cccc(-c5cccc6c5oc5ccc7ccccc7c56)c4)c3)c3ccc4c(c3)C(C)(C)c3ccccc3-4)cc21. The van der Waals surface area contributed by atoms with Crippen molar-refractivity contribution >= 4 is 49.8 Å². The number of para-hydroxylation sites is 1. The third kappa shape index (κ3) is 5.01. The standard InChI is InChI=1S/C58H43NO/c1-57(2)50-24-9-7-20-45(50)47-29-27-41(34-52(47)57)59(42-28-30-48-46-21-8-10-25-51(46)58(3,4)53(48)35-42)40-18-12-16-38(33-40)37-15-11-17-39(32-37)44-22-13-23-49-55-43-19-6-5-14-36(43)26-31-54(55)60-56(44)49/h5-35H,1-4H3. The van der Waals surface area contributed by atoms with Crippen LogP contribution >= 0.6 is 0 Å². The van der Waals surface area contributed by atoms with E-state index in [1.54, 1.807) is 0 Å². The van der Waals surface area contributed by atoms with E-state index in [-0.39, 0.29) is 10.8 Å². The number of fused-ring (bicyclic) bond motifs is 11. The fourth-order valence-electron chi connectivity index (χ4n) is 10.6. The van der Waals surface area contributed by atoms with Crippen LogP contribution in [0.2, 0.25) is 0 Å². The van der Waals surface area contributed by atoms with E-state index in [0.717, 1.165) is 55.9 Å². The third-order valence-corrected chi connectivity index (χ3v) is 13.6. The van der Waals surface area contributed by atoms with Crippen molar-refractivity contribution in [3.63, 3.8) is 0 Å². The van der Waals surface area contributed by atoms with Crippen LogP contribution in [-0.2, 0) is 10.8 Å². The molecular formula is C58H43NO. The third-order valence-electron chi connectivity index (χ3n) is 13.6. The van der Waals surface area contributed by atoms with Crippen LogP contribution in [0.3, 0.4) is 0 Å². The first-order valence-electron chi connectivity index (χ1n) is 21.1. The van der Waals surface area contributed by atoms with Crippen LogP contribution in [0.1, 0.15) is 49.9 Å². The van der Waals surface area contributed by atoms with Gasteiger partial charge in [-0.1, -0.05) is 167 Å². The van der Waals surface area contributed by atoms with Gasteiger partial charge in [0, 0.05) is 44.2 Å². The quantitative estimate of drug-likeness (QED) is 0.173. The van der Waals surface area contributed by atoms with E-state index in [2.05, 4.69) is 221 Å². The number of benzene rings is 9. The average molecular weight is 770 g/mol. The molecule has 0 atom stereocenters. The van der Waals surface area contributed by atoms with Crippen LogP contribution in [0.4, 0.5) is 17.1 Å². The molecule has 10 aromatic rings. The smallest absolute Gasteiger partial charge is 0.143 e. The first-order chi connectivity index (χ1) is 29.3. The summed E-state index contributed by atoms with van der Waals surface area (Å²) in [6.07, 6.45) is 0. The molecule has 9 aromatic carbocycles. The van der Waals surface area contributed by atoms with Gasteiger partial charge in [0.25, 0.3) is 0 Å². The molecule has 2 aliphatic carbocycles. The van der Waals surface area contributed by atoms with E-state index in [4.69, 9.17) is 4.42 Å². The predicted molar refractivity (Wildman–Crippen MR) is 252 cm³/mol. The summed E-state index contributed by atoms with van der Waals surface area (Å²) in [6, 6.07) is 69.3. The van der Waals surface area contributed by atoms with E-state index < -0.39 is 0 Å². The Morgan fingerprint density at radius 1 is 0.367 bits per heavy atom. The van der Waals surface area contributed by atoms with Crippen LogP contribution in [0, 0.1) is 0 Å². The molecule has 12 rings (SSSR count). The molecule has 0 saturated carbocycles. The van der Waals surface area contributed by atoms with Gasteiger partial charge in [0.15, 0.2) is 0 Å². The Balaban J connectivity index is 1.00. The van der Waals surface area contributed by atoms with E-state index in [1.807, 2.05) is 0 Å². The Morgan fingerprint density at radius 2 is 0.883 bits per heavy atom. The highest BCUT2D eigenvalue weighted by Gasteiger charge is 2.37. The summed E-state index contributed by atoms with van der Waals surface area (Å²) in [7, 11) is 0. The number of anilines is 3. The number of hydrogen-bond donors (Lipinski definition) is 0. The summed E-state index contributed by atoms with van der Waals surface area (Å²) >= 11 is 0. The fraction of sp³-hybridized carbons (Fsp3) is 0.103. The van der Waals surface area contributed by atoms with Crippen molar-refractivity contribution in [1.29, 1.82) is 0 Å². The Labute approximate surface area is 351 Å². The maximum absolute atomic E-state index is 6.67. The topological polar surface area (TPSA) is 16.4 Å². The molecule has 0 aliphatic heterocycles. The van der Waals surface area contributed by atoms with Gasteiger partial charge < -0.3 is 9.32 Å². The molecule has 0 N–H and O–H groups in total. The molecule has 0 spiro atoms. The molecule has 0 bridgehead atoms. The summed E-state index contributed by atoms with van der Waals surface area (Å²) in [5, 5.41) is 4.75. The molecule has 1 heterocycles.